The zero-order valence-corrected chi connectivity index (χ0v) is 24.6. The summed E-state index contributed by atoms with van der Waals surface area (Å²) in [6, 6.07) is 15.2. The van der Waals surface area contributed by atoms with Gasteiger partial charge in [0.2, 0.25) is 12.5 Å². The number of carbonyl (C=O) groups excluding carboxylic acids is 1. The minimum atomic E-state index is -0.243. The average Bonchev–Trinajstić information content (AvgIpc) is 3.49. The predicted octanol–water partition coefficient (Wildman–Crippen LogP) is 3.15. The molecule has 2 aromatic carbocycles. The molecule has 1 amide bonds. The molecule has 224 valence electrons. The molecule has 3 aliphatic heterocycles. The SMILES string of the molecule is [C-]#[N+]CC1CN(c2nc(OC[C@@H]3CCCN3CCO)nc3c2CCN(c2cccc4ccccc24)C3)CCN1C(=O)C=C. The minimum absolute atomic E-state index is 0.131. The van der Waals surface area contributed by atoms with Crippen LogP contribution in [0.1, 0.15) is 24.1 Å². The lowest BCUT2D eigenvalue weighted by molar-refractivity contribution is -0.128. The molecule has 4 heterocycles. The van der Waals surface area contributed by atoms with Gasteiger partial charge < -0.3 is 29.4 Å². The van der Waals surface area contributed by atoms with Gasteiger partial charge in [0.15, 0.2) is 0 Å². The molecule has 3 aromatic rings. The summed E-state index contributed by atoms with van der Waals surface area (Å²) < 4.78 is 6.31. The maximum Gasteiger partial charge on any atom is 0.318 e. The summed E-state index contributed by atoms with van der Waals surface area (Å²) in [4.78, 5) is 34.7. The fourth-order valence-corrected chi connectivity index (χ4v) is 6.80. The van der Waals surface area contributed by atoms with Gasteiger partial charge in [-0.25, -0.2) is 6.57 Å². The Morgan fingerprint density at radius 1 is 1.09 bits per heavy atom. The van der Waals surface area contributed by atoms with Crippen molar-refractivity contribution in [1.29, 1.82) is 0 Å². The van der Waals surface area contributed by atoms with Gasteiger partial charge >= 0.3 is 6.01 Å². The molecule has 0 aliphatic carbocycles. The molecule has 2 atom stereocenters. The number of aliphatic hydroxyl groups excluding tert-OH is 1. The van der Waals surface area contributed by atoms with Crippen LogP contribution >= 0.6 is 0 Å². The summed E-state index contributed by atoms with van der Waals surface area (Å²) in [5.41, 5.74) is 3.24. The van der Waals surface area contributed by atoms with E-state index < -0.39 is 0 Å². The Morgan fingerprint density at radius 2 is 1.95 bits per heavy atom. The molecule has 3 aliphatic rings. The lowest BCUT2D eigenvalue weighted by atomic mass is 10.0. The summed E-state index contributed by atoms with van der Waals surface area (Å²) >= 11 is 0. The molecule has 1 unspecified atom stereocenters. The quantitative estimate of drug-likeness (QED) is 0.305. The van der Waals surface area contributed by atoms with Crippen molar-refractivity contribution >= 4 is 28.2 Å². The smallest absolute Gasteiger partial charge is 0.318 e. The van der Waals surface area contributed by atoms with Crippen molar-refractivity contribution in [2.75, 3.05) is 68.8 Å². The van der Waals surface area contributed by atoms with Crippen molar-refractivity contribution in [2.24, 2.45) is 0 Å². The lowest BCUT2D eigenvalue weighted by Crippen LogP contribution is -2.56. The summed E-state index contributed by atoms with van der Waals surface area (Å²) in [6.45, 7) is 16.7. The Bertz CT molecular complexity index is 1520. The van der Waals surface area contributed by atoms with E-state index in [1.54, 1.807) is 4.90 Å². The molecule has 0 radical (unpaired) electrons. The van der Waals surface area contributed by atoms with Gasteiger partial charge in [0, 0.05) is 55.4 Å². The first kappa shape index (κ1) is 28.9. The number of β-amino-alcohol motifs (C(OH)–C–C–N with tert-alkyl or cyclic N) is 1. The topological polar surface area (TPSA) is 89.6 Å². The van der Waals surface area contributed by atoms with Gasteiger partial charge in [-0.15, -0.1) is 0 Å². The largest absolute Gasteiger partial charge is 0.462 e. The van der Waals surface area contributed by atoms with Gasteiger partial charge in [-0.05, 0) is 43.3 Å². The highest BCUT2D eigenvalue weighted by molar-refractivity contribution is 5.94. The van der Waals surface area contributed by atoms with Crippen LogP contribution in [0, 0.1) is 6.57 Å². The van der Waals surface area contributed by atoms with Crippen LogP contribution in [-0.4, -0.2) is 102 Å². The summed E-state index contributed by atoms with van der Waals surface area (Å²) in [5.74, 6) is 0.702. The Balaban J connectivity index is 1.32. The monoisotopic (exact) mass is 581 g/mol. The molecule has 2 saturated heterocycles. The van der Waals surface area contributed by atoms with Crippen molar-refractivity contribution in [3.05, 3.63) is 77.8 Å². The number of piperazine rings is 1. The van der Waals surface area contributed by atoms with Crippen molar-refractivity contribution < 1.29 is 14.6 Å². The molecule has 10 heteroatoms. The second-order valence-electron chi connectivity index (χ2n) is 11.5. The number of carbonyl (C=O) groups is 1. The number of aromatic nitrogens is 2. The Kier molecular flexibility index (Phi) is 8.72. The fraction of sp³-hybridized carbons (Fsp3) is 0.455. The number of fused-ring (bicyclic) bond motifs is 2. The van der Waals surface area contributed by atoms with E-state index in [1.807, 2.05) is 0 Å². The fourth-order valence-electron chi connectivity index (χ4n) is 6.80. The first-order valence-electron chi connectivity index (χ1n) is 15.2. The standard InChI is InChI=1S/C33H39N7O3/c1-3-31(42)40-17-16-39(21-26(40)20-34-2)32-28-13-15-38(30-12-6-9-24-8-4-5-11-27(24)30)22-29(28)35-33(36-32)43-23-25-10-7-14-37(25)18-19-41/h3-6,8-9,11-12,25-26,41H,1,7,10,13-23H2/t25-,26?/m0/s1. The average molecular weight is 582 g/mol. The van der Waals surface area contributed by atoms with Gasteiger partial charge in [0.1, 0.15) is 18.5 Å². The number of nitrogens with zero attached hydrogens (tertiary/aromatic N) is 7. The van der Waals surface area contributed by atoms with E-state index in [2.05, 4.69) is 68.6 Å². The minimum Gasteiger partial charge on any atom is -0.462 e. The van der Waals surface area contributed by atoms with Gasteiger partial charge in [0.25, 0.3) is 0 Å². The summed E-state index contributed by atoms with van der Waals surface area (Å²) in [7, 11) is 0. The Labute approximate surface area is 253 Å². The summed E-state index contributed by atoms with van der Waals surface area (Å²) in [6.07, 6.45) is 4.21. The Morgan fingerprint density at radius 3 is 2.79 bits per heavy atom. The van der Waals surface area contributed by atoms with Gasteiger partial charge in [-0.2, -0.15) is 9.97 Å². The number of rotatable bonds is 9. The molecule has 1 N–H and O–H groups in total. The molecular weight excluding hydrogens is 542 g/mol. The van der Waals surface area contributed by atoms with Crippen LogP contribution in [0.25, 0.3) is 15.6 Å². The number of benzene rings is 2. The van der Waals surface area contributed by atoms with Crippen LogP contribution in [0.15, 0.2) is 55.1 Å². The van der Waals surface area contributed by atoms with E-state index in [9.17, 15) is 9.90 Å². The molecule has 6 rings (SSSR count). The van der Waals surface area contributed by atoms with Crippen LogP contribution in [0.5, 0.6) is 6.01 Å². The first-order chi connectivity index (χ1) is 21.1. The summed E-state index contributed by atoms with van der Waals surface area (Å²) in [5, 5.41) is 11.9. The molecule has 10 nitrogen and oxygen atoms in total. The molecule has 2 fully saturated rings. The molecule has 0 bridgehead atoms. The molecule has 0 saturated carbocycles. The highest BCUT2D eigenvalue weighted by Crippen LogP contribution is 2.35. The first-order valence-corrected chi connectivity index (χ1v) is 15.2. The number of anilines is 2. The lowest BCUT2D eigenvalue weighted by Gasteiger charge is -2.41. The van der Waals surface area contributed by atoms with E-state index >= 15 is 0 Å². The molecule has 1 aromatic heterocycles. The third-order valence-corrected chi connectivity index (χ3v) is 8.96. The number of likely N-dealkylation sites (tertiary alicyclic amines) is 1. The molecular formula is C33H39N7O3. The van der Waals surface area contributed by atoms with Gasteiger partial charge in [0.05, 0.1) is 18.8 Å². The van der Waals surface area contributed by atoms with Crippen molar-refractivity contribution in [3.8, 4) is 6.01 Å². The second-order valence-corrected chi connectivity index (χ2v) is 11.5. The van der Waals surface area contributed by atoms with Crippen LogP contribution in [0.2, 0.25) is 0 Å². The van der Waals surface area contributed by atoms with E-state index in [1.165, 1.54) is 22.5 Å². The molecule has 0 spiro atoms. The van der Waals surface area contributed by atoms with Crippen LogP contribution in [0.4, 0.5) is 11.5 Å². The maximum absolute atomic E-state index is 12.5. The zero-order valence-electron chi connectivity index (χ0n) is 24.6. The van der Waals surface area contributed by atoms with E-state index in [0.717, 1.165) is 49.4 Å². The van der Waals surface area contributed by atoms with Crippen LogP contribution in [0.3, 0.4) is 0 Å². The number of hydrogen-bond donors (Lipinski definition) is 1. The highest BCUT2D eigenvalue weighted by Gasteiger charge is 2.35. The third kappa shape index (κ3) is 6.01. The van der Waals surface area contributed by atoms with Crippen LogP contribution in [-0.2, 0) is 17.8 Å². The van der Waals surface area contributed by atoms with E-state index in [0.29, 0.717) is 45.3 Å². The normalized spacial score (nSPS) is 20.6. The third-order valence-electron chi connectivity index (χ3n) is 8.96. The zero-order chi connectivity index (χ0) is 29.8. The van der Waals surface area contributed by atoms with E-state index in [-0.39, 0.29) is 31.1 Å². The number of hydrogen-bond acceptors (Lipinski definition) is 8. The van der Waals surface area contributed by atoms with Gasteiger partial charge in [-0.1, -0.05) is 43.0 Å². The van der Waals surface area contributed by atoms with Crippen LogP contribution < -0.4 is 14.5 Å². The number of ether oxygens (including phenoxy) is 1. The van der Waals surface area contributed by atoms with Crippen molar-refractivity contribution in [2.45, 2.75) is 37.9 Å². The maximum atomic E-state index is 12.5. The second kappa shape index (κ2) is 13.0. The predicted molar refractivity (Wildman–Crippen MR) is 167 cm³/mol. The van der Waals surface area contributed by atoms with E-state index in [4.69, 9.17) is 21.3 Å². The number of aliphatic hydroxyl groups is 1. The molecule has 43 heavy (non-hydrogen) atoms. The Hall–Kier alpha value is -4.20. The van der Waals surface area contributed by atoms with Gasteiger partial charge in [-0.3, -0.25) is 9.69 Å². The number of amides is 1. The van der Waals surface area contributed by atoms with Crippen molar-refractivity contribution in [1.82, 2.24) is 19.8 Å². The highest BCUT2D eigenvalue weighted by atomic mass is 16.5. The van der Waals surface area contributed by atoms with Crippen molar-refractivity contribution in [3.63, 3.8) is 0 Å².